The molecule has 2 atom stereocenters. The van der Waals surface area contributed by atoms with Crippen molar-refractivity contribution in [2.75, 3.05) is 0 Å². The van der Waals surface area contributed by atoms with Gasteiger partial charge in [-0.1, -0.05) is 20.8 Å². The molecule has 0 aliphatic heterocycles. The van der Waals surface area contributed by atoms with Crippen LogP contribution in [0.25, 0.3) is 0 Å². The number of fused-ring (bicyclic) bond motifs is 2. The molecule has 0 amide bonds. The van der Waals surface area contributed by atoms with Crippen molar-refractivity contribution in [3.63, 3.8) is 0 Å². The molecule has 0 aromatic carbocycles. The molecule has 0 fully saturated rings. The highest BCUT2D eigenvalue weighted by atomic mass is 16.3. The third-order valence-electron chi connectivity index (χ3n) is 5.88. The summed E-state index contributed by atoms with van der Waals surface area (Å²) in [6.07, 6.45) is 2.63. The molecule has 0 saturated heterocycles. The first-order valence-corrected chi connectivity index (χ1v) is 8.39. The summed E-state index contributed by atoms with van der Waals surface area (Å²) in [5, 5.41) is 24.5. The minimum absolute atomic E-state index is 0.0394. The van der Waals surface area contributed by atoms with Crippen LogP contribution in [-0.4, -0.2) is 20.7 Å². The summed E-state index contributed by atoms with van der Waals surface area (Å²) < 4.78 is 1.93. The van der Waals surface area contributed by atoms with Gasteiger partial charge >= 0.3 is 0 Å². The van der Waals surface area contributed by atoms with Gasteiger partial charge in [-0.25, -0.2) is 0 Å². The molecule has 5 heteroatoms. The van der Waals surface area contributed by atoms with Crippen LogP contribution < -0.4 is 0 Å². The topological polar surface area (TPSA) is 78.9 Å². The van der Waals surface area contributed by atoms with Gasteiger partial charge in [0.05, 0.1) is 34.6 Å². The lowest BCUT2D eigenvalue weighted by Gasteiger charge is -2.51. The van der Waals surface area contributed by atoms with E-state index in [9.17, 15) is 15.2 Å². The maximum Gasteiger partial charge on any atom is 0.172 e. The first-order chi connectivity index (χ1) is 10.9. The number of Topliss-reactive ketones (excluding diaryl/α,β-unsaturated/α-hetero) is 1. The molecule has 128 valence electrons. The lowest BCUT2D eigenvalue weighted by molar-refractivity contribution is 0.0217. The Kier molecular flexibility index (Phi) is 3.29. The molecule has 2 aliphatic carbocycles. The number of aliphatic hydroxyl groups is 1. The van der Waals surface area contributed by atoms with E-state index in [2.05, 4.69) is 31.9 Å². The number of ketones is 1. The number of rotatable bonds is 0. The van der Waals surface area contributed by atoms with Crippen molar-refractivity contribution in [2.24, 2.45) is 16.7 Å². The number of nitriles is 1. The van der Waals surface area contributed by atoms with Gasteiger partial charge in [0.2, 0.25) is 0 Å². The number of nitrogens with zero attached hydrogens (tertiary/aromatic N) is 3. The molecule has 1 aromatic rings. The summed E-state index contributed by atoms with van der Waals surface area (Å²) in [5.74, 6) is 0.100. The van der Waals surface area contributed by atoms with Crippen molar-refractivity contribution in [1.29, 1.82) is 5.26 Å². The van der Waals surface area contributed by atoms with Crippen LogP contribution in [0.4, 0.5) is 0 Å². The highest BCUT2D eigenvalue weighted by Gasteiger charge is 2.57. The molecule has 0 spiro atoms. The van der Waals surface area contributed by atoms with E-state index in [4.69, 9.17) is 0 Å². The van der Waals surface area contributed by atoms with Crippen LogP contribution in [0.15, 0.2) is 17.5 Å². The van der Waals surface area contributed by atoms with Crippen LogP contribution in [-0.2, 0) is 12.0 Å². The van der Waals surface area contributed by atoms with Gasteiger partial charge in [0, 0.05) is 10.8 Å². The van der Waals surface area contributed by atoms with Crippen molar-refractivity contribution >= 4 is 5.78 Å². The van der Waals surface area contributed by atoms with E-state index in [1.165, 1.54) is 0 Å². The van der Waals surface area contributed by atoms with E-state index >= 15 is 0 Å². The Labute approximate surface area is 143 Å². The van der Waals surface area contributed by atoms with Gasteiger partial charge in [-0.3, -0.25) is 9.48 Å². The van der Waals surface area contributed by atoms with Crippen LogP contribution in [0.2, 0.25) is 0 Å². The van der Waals surface area contributed by atoms with Crippen LogP contribution in [0.3, 0.4) is 0 Å². The third kappa shape index (κ3) is 1.98. The molecule has 5 nitrogen and oxygen atoms in total. The summed E-state index contributed by atoms with van der Waals surface area (Å²) in [6.45, 7) is 12.0. The van der Waals surface area contributed by atoms with Gasteiger partial charge in [0.25, 0.3) is 0 Å². The quantitative estimate of drug-likeness (QED) is 0.787. The average molecular weight is 327 g/mol. The molecule has 1 N–H and O–H groups in total. The zero-order chi connectivity index (χ0) is 18.1. The van der Waals surface area contributed by atoms with Gasteiger partial charge in [-0.05, 0) is 39.5 Å². The van der Waals surface area contributed by atoms with E-state index in [1.54, 1.807) is 6.20 Å². The Morgan fingerprint density at radius 2 is 2.00 bits per heavy atom. The molecule has 3 rings (SSSR count). The maximum absolute atomic E-state index is 13.3. The minimum atomic E-state index is -0.681. The largest absolute Gasteiger partial charge is 0.511 e. The number of carbonyl (C=O) groups is 1. The Balaban J connectivity index is 2.21. The van der Waals surface area contributed by atoms with Crippen molar-refractivity contribution in [3.05, 3.63) is 28.8 Å². The molecule has 0 bridgehead atoms. The third-order valence-corrected chi connectivity index (χ3v) is 5.88. The second-order valence-corrected chi connectivity index (χ2v) is 8.93. The van der Waals surface area contributed by atoms with Crippen LogP contribution >= 0.6 is 0 Å². The van der Waals surface area contributed by atoms with Crippen molar-refractivity contribution in [1.82, 2.24) is 9.78 Å². The summed E-state index contributed by atoms with van der Waals surface area (Å²) in [4.78, 5) is 13.3. The predicted octanol–water partition coefficient (Wildman–Crippen LogP) is 3.76. The van der Waals surface area contributed by atoms with E-state index < -0.39 is 10.8 Å². The summed E-state index contributed by atoms with van der Waals surface area (Å²) in [6, 6.07) is 2.10. The zero-order valence-corrected chi connectivity index (χ0v) is 15.3. The predicted molar refractivity (Wildman–Crippen MR) is 90.5 cm³/mol. The Morgan fingerprint density at radius 3 is 2.54 bits per heavy atom. The second kappa shape index (κ2) is 4.72. The number of aromatic nitrogens is 2. The van der Waals surface area contributed by atoms with E-state index in [-0.39, 0.29) is 23.0 Å². The van der Waals surface area contributed by atoms with Gasteiger partial charge in [-0.2, -0.15) is 10.4 Å². The van der Waals surface area contributed by atoms with Crippen LogP contribution in [0, 0.1) is 28.1 Å². The molecule has 0 unspecified atom stereocenters. The SMILES string of the molecule is CC1(C)C(O)=C(C#N)C[C@]2(C)C(=O)c3cnn(C(C)(C)C)c3C[C@@H]12. The summed E-state index contributed by atoms with van der Waals surface area (Å²) >= 11 is 0. The molecule has 24 heavy (non-hydrogen) atoms. The van der Waals surface area contributed by atoms with Crippen molar-refractivity contribution in [3.8, 4) is 6.07 Å². The Bertz CT molecular complexity index is 802. The number of hydrogen-bond donors (Lipinski definition) is 1. The summed E-state index contributed by atoms with van der Waals surface area (Å²) in [5.41, 5.74) is 0.418. The Morgan fingerprint density at radius 1 is 1.38 bits per heavy atom. The van der Waals surface area contributed by atoms with Gasteiger partial charge in [-0.15, -0.1) is 0 Å². The van der Waals surface area contributed by atoms with E-state index in [0.29, 0.717) is 24.0 Å². The number of allylic oxidation sites excluding steroid dienone is 2. The van der Waals surface area contributed by atoms with Gasteiger partial charge in [0.1, 0.15) is 5.76 Å². The minimum Gasteiger partial charge on any atom is -0.511 e. The first-order valence-electron chi connectivity index (χ1n) is 8.39. The normalized spacial score (nSPS) is 29.0. The van der Waals surface area contributed by atoms with Gasteiger partial charge in [0.15, 0.2) is 5.78 Å². The maximum atomic E-state index is 13.3. The molecule has 0 saturated carbocycles. The van der Waals surface area contributed by atoms with E-state index in [0.717, 1.165) is 5.69 Å². The second-order valence-electron chi connectivity index (χ2n) is 8.93. The lowest BCUT2D eigenvalue weighted by atomic mass is 9.51. The number of hydrogen-bond acceptors (Lipinski definition) is 4. The van der Waals surface area contributed by atoms with E-state index in [1.807, 2.05) is 25.5 Å². The Hall–Kier alpha value is -2.09. The zero-order valence-electron chi connectivity index (χ0n) is 15.3. The van der Waals surface area contributed by atoms with Crippen LogP contribution in [0.5, 0.6) is 0 Å². The first kappa shape index (κ1) is 16.8. The average Bonchev–Trinajstić information content (AvgIpc) is 2.90. The molecule has 0 radical (unpaired) electrons. The monoisotopic (exact) mass is 327 g/mol. The number of aliphatic hydroxyl groups excluding tert-OH is 1. The fourth-order valence-corrected chi connectivity index (χ4v) is 4.57. The van der Waals surface area contributed by atoms with Crippen LogP contribution in [0.1, 0.15) is 64.0 Å². The van der Waals surface area contributed by atoms with Crippen molar-refractivity contribution in [2.45, 2.75) is 59.9 Å². The highest BCUT2D eigenvalue weighted by molar-refractivity contribution is 6.03. The highest BCUT2D eigenvalue weighted by Crippen LogP contribution is 2.57. The number of carbonyl (C=O) groups excluding carboxylic acids is 1. The van der Waals surface area contributed by atoms with Gasteiger partial charge < -0.3 is 5.11 Å². The molecule has 1 heterocycles. The standard InChI is InChI=1S/C19H25N3O2/c1-17(2,3)22-13-7-14-18(4,5)15(23)11(9-20)8-19(14,6)16(24)12(13)10-21-22/h10,14,23H,7-8H2,1-6H3/t14-,19-/m0/s1. The summed E-state index contributed by atoms with van der Waals surface area (Å²) in [7, 11) is 0. The smallest absolute Gasteiger partial charge is 0.172 e. The lowest BCUT2D eigenvalue weighted by Crippen LogP contribution is -2.52. The molecular formula is C19H25N3O2. The molecule has 2 aliphatic rings. The fourth-order valence-electron chi connectivity index (χ4n) is 4.57. The fraction of sp³-hybridized carbons (Fsp3) is 0.632. The molecule has 1 aromatic heterocycles. The molecular weight excluding hydrogens is 302 g/mol. The van der Waals surface area contributed by atoms with Crippen molar-refractivity contribution < 1.29 is 9.90 Å².